The lowest BCUT2D eigenvalue weighted by molar-refractivity contribution is -0.146. The van der Waals surface area contributed by atoms with Crippen LogP contribution in [0.4, 0.5) is 4.79 Å². The Morgan fingerprint density at radius 2 is 1.41 bits per heavy atom. The maximum absolute atomic E-state index is 11.9. The molecule has 2 aromatic rings. The molecule has 0 heterocycles. The molecule has 1 atom stereocenters. The van der Waals surface area contributed by atoms with Crippen molar-refractivity contribution in [3.05, 3.63) is 71.8 Å². The van der Waals surface area contributed by atoms with Gasteiger partial charge in [-0.1, -0.05) is 60.7 Å². The summed E-state index contributed by atoms with van der Waals surface area (Å²) in [5.41, 5.74) is 7.71. The molecule has 2 rings (SSSR count). The smallest absolute Gasteiger partial charge is 0.407 e. The molecule has 0 aromatic heterocycles. The molecule has 144 valence electrons. The number of carbonyl (C=O) groups excluding carboxylic acids is 2. The average Bonchev–Trinajstić information content (AvgIpc) is 2.71. The van der Waals surface area contributed by atoms with Crippen molar-refractivity contribution in [3.63, 3.8) is 0 Å². The Morgan fingerprint density at radius 1 is 0.852 bits per heavy atom. The minimum atomic E-state index is -0.654. The van der Waals surface area contributed by atoms with E-state index in [1.54, 1.807) is 0 Å². The predicted octanol–water partition coefficient (Wildman–Crippen LogP) is 3.15. The van der Waals surface area contributed by atoms with E-state index in [4.69, 9.17) is 15.2 Å². The van der Waals surface area contributed by atoms with Gasteiger partial charge in [0.25, 0.3) is 0 Å². The Kier molecular flexibility index (Phi) is 8.86. The van der Waals surface area contributed by atoms with Crippen molar-refractivity contribution in [1.29, 1.82) is 0 Å². The Morgan fingerprint density at radius 3 is 2.00 bits per heavy atom. The number of rotatable bonds is 10. The third kappa shape index (κ3) is 8.37. The minimum absolute atomic E-state index is 0.224. The fraction of sp³-hybridized carbons (Fsp3) is 0.333. The second kappa shape index (κ2) is 11.7. The highest BCUT2D eigenvalue weighted by Gasteiger charge is 2.14. The number of esters is 1. The number of carbonyl (C=O) groups is 2. The molecule has 0 saturated carbocycles. The third-order valence-corrected chi connectivity index (χ3v) is 3.95. The van der Waals surface area contributed by atoms with Crippen LogP contribution in [-0.4, -0.2) is 24.6 Å². The van der Waals surface area contributed by atoms with Gasteiger partial charge in [0.2, 0.25) is 0 Å². The highest BCUT2D eigenvalue weighted by molar-refractivity contribution is 5.75. The Balaban J connectivity index is 1.51. The van der Waals surface area contributed by atoms with Crippen molar-refractivity contribution in [1.82, 2.24) is 5.32 Å². The third-order valence-electron chi connectivity index (χ3n) is 3.95. The van der Waals surface area contributed by atoms with Crippen molar-refractivity contribution in [3.8, 4) is 0 Å². The fourth-order valence-corrected chi connectivity index (χ4v) is 2.41. The van der Waals surface area contributed by atoms with Gasteiger partial charge in [-0.15, -0.1) is 0 Å². The van der Waals surface area contributed by atoms with Crippen LogP contribution in [0, 0.1) is 0 Å². The molecule has 0 aliphatic carbocycles. The van der Waals surface area contributed by atoms with Crippen LogP contribution in [0.15, 0.2) is 60.7 Å². The van der Waals surface area contributed by atoms with Crippen LogP contribution in [0.3, 0.4) is 0 Å². The lowest BCUT2D eigenvalue weighted by Gasteiger charge is -2.12. The molecule has 0 aliphatic heterocycles. The van der Waals surface area contributed by atoms with Gasteiger partial charge in [0.15, 0.2) is 0 Å². The van der Waals surface area contributed by atoms with E-state index in [1.165, 1.54) is 0 Å². The zero-order chi connectivity index (χ0) is 19.3. The van der Waals surface area contributed by atoms with Gasteiger partial charge in [0.05, 0.1) is 0 Å². The topological polar surface area (TPSA) is 90.6 Å². The van der Waals surface area contributed by atoms with Crippen LogP contribution in [0.25, 0.3) is 0 Å². The Labute approximate surface area is 159 Å². The van der Waals surface area contributed by atoms with Gasteiger partial charge in [0, 0.05) is 6.54 Å². The number of benzene rings is 2. The van der Waals surface area contributed by atoms with Crippen LogP contribution >= 0.6 is 0 Å². The van der Waals surface area contributed by atoms with Gasteiger partial charge in [0.1, 0.15) is 19.3 Å². The number of ether oxygens (including phenoxy) is 2. The largest absolute Gasteiger partial charge is 0.460 e. The second-order valence-electron chi connectivity index (χ2n) is 6.18. The molecule has 0 unspecified atom stereocenters. The highest BCUT2D eigenvalue weighted by atomic mass is 16.5. The van der Waals surface area contributed by atoms with Crippen molar-refractivity contribution < 1.29 is 19.1 Å². The van der Waals surface area contributed by atoms with Crippen molar-refractivity contribution in [2.75, 3.05) is 6.54 Å². The molecule has 1 amide bonds. The first-order valence-corrected chi connectivity index (χ1v) is 9.06. The Bertz CT molecular complexity index is 692. The number of hydrogen-bond donors (Lipinski definition) is 2. The summed E-state index contributed by atoms with van der Waals surface area (Å²) in [6, 6.07) is 18.3. The highest BCUT2D eigenvalue weighted by Crippen LogP contribution is 2.05. The minimum Gasteiger partial charge on any atom is -0.460 e. The van der Waals surface area contributed by atoms with Gasteiger partial charge in [-0.05, 0) is 30.4 Å². The van der Waals surface area contributed by atoms with E-state index in [0.29, 0.717) is 25.8 Å². The van der Waals surface area contributed by atoms with Gasteiger partial charge in [-0.3, -0.25) is 4.79 Å². The molecule has 6 nitrogen and oxygen atoms in total. The van der Waals surface area contributed by atoms with E-state index in [0.717, 1.165) is 11.1 Å². The van der Waals surface area contributed by atoms with E-state index >= 15 is 0 Å². The number of amides is 1. The lowest BCUT2D eigenvalue weighted by Crippen LogP contribution is -2.32. The number of nitrogens with two attached hydrogens (primary N) is 1. The first kappa shape index (κ1) is 20.5. The SMILES string of the molecule is N[C@H](CCCCNC(=O)OCc1ccccc1)C(=O)OCc1ccccc1. The average molecular weight is 370 g/mol. The molecule has 0 radical (unpaired) electrons. The van der Waals surface area contributed by atoms with Gasteiger partial charge < -0.3 is 20.5 Å². The second-order valence-corrected chi connectivity index (χ2v) is 6.18. The summed E-state index contributed by atoms with van der Waals surface area (Å²) in [6.07, 6.45) is 1.47. The Hall–Kier alpha value is -2.86. The summed E-state index contributed by atoms with van der Waals surface area (Å²) < 4.78 is 10.3. The molecule has 2 aromatic carbocycles. The predicted molar refractivity (Wildman–Crippen MR) is 103 cm³/mol. The summed E-state index contributed by atoms with van der Waals surface area (Å²) in [4.78, 5) is 23.5. The van der Waals surface area contributed by atoms with E-state index in [-0.39, 0.29) is 13.2 Å². The summed E-state index contributed by atoms with van der Waals surface area (Å²) in [5.74, 6) is -0.408. The molecule has 0 aliphatic rings. The monoisotopic (exact) mass is 370 g/mol. The number of hydrogen-bond acceptors (Lipinski definition) is 5. The summed E-state index contributed by atoms with van der Waals surface area (Å²) in [7, 11) is 0. The quantitative estimate of drug-likeness (QED) is 0.495. The summed E-state index contributed by atoms with van der Waals surface area (Å²) in [5, 5.41) is 2.68. The molecular weight excluding hydrogens is 344 g/mol. The fourth-order valence-electron chi connectivity index (χ4n) is 2.41. The van der Waals surface area contributed by atoms with E-state index in [2.05, 4.69) is 5.32 Å². The zero-order valence-electron chi connectivity index (χ0n) is 15.3. The lowest BCUT2D eigenvalue weighted by atomic mass is 10.1. The molecule has 6 heteroatoms. The number of alkyl carbamates (subject to hydrolysis) is 1. The first-order chi connectivity index (χ1) is 13.1. The number of unbranched alkanes of at least 4 members (excludes halogenated alkanes) is 1. The normalized spacial score (nSPS) is 11.4. The molecule has 0 bridgehead atoms. The molecule has 0 saturated heterocycles. The van der Waals surface area contributed by atoms with E-state index in [1.807, 2.05) is 60.7 Å². The van der Waals surface area contributed by atoms with Crippen molar-refractivity contribution in [2.24, 2.45) is 5.73 Å². The van der Waals surface area contributed by atoms with Gasteiger partial charge >= 0.3 is 12.1 Å². The molecule has 0 fully saturated rings. The summed E-state index contributed by atoms with van der Waals surface area (Å²) in [6.45, 7) is 0.937. The number of nitrogens with one attached hydrogen (secondary N) is 1. The maximum atomic E-state index is 11.9. The molecular formula is C21H26N2O4. The zero-order valence-corrected chi connectivity index (χ0v) is 15.3. The van der Waals surface area contributed by atoms with Gasteiger partial charge in [-0.2, -0.15) is 0 Å². The van der Waals surface area contributed by atoms with Crippen molar-refractivity contribution in [2.45, 2.75) is 38.5 Å². The van der Waals surface area contributed by atoms with Crippen LogP contribution in [0.2, 0.25) is 0 Å². The molecule has 3 N–H and O–H groups in total. The van der Waals surface area contributed by atoms with Crippen LogP contribution in [-0.2, 0) is 27.5 Å². The van der Waals surface area contributed by atoms with Gasteiger partial charge in [-0.25, -0.2) is 4.79 Å². The van der Waals surface area contributed by atoms with Crippen molar-refractivity contribution >= 4 is 12.1 Å². The van der Waals surface area contributed by atoms with Crippen LogP contribution in [0.5, 0.6) is 0 Å². The maximum Gasteiger partial charge on any atom is 0.407 e. The first-order valence-electron chi connectivity index (χ1n) is 9.06. The summed E-state index contributed by atoms with van der Waals surface area (Å²) >= 11 is 0. The van der Waals surface area contributed by atoms with Crippen LogP contribution < -0.4 is 11.1 Å². The standard InChI is InChI=1S/C21H26N2O4/c22-19(20(24)26-15-17-9-3-1-4-10-17)13-7-8-14-23-21(25)27-16-18-11-5-2-6-12-18/h1-6,9-12,19H,7-8,13-16,22H2,(H,23,25)/t19-/m1/s1. The van der Waals surface area contributed by atoms with Crippen LogP contribution in [0.1, 0.15) is 30.4 Å². The van der Waals surface area contributed by atoms with E-state index < -0.39 is 18.1 Å². The van der Waals surface area contributed by atoms with E-state index in [9.17, 15) is 9.59 Å². The molecule has 0 spiro atoms. The molecule has 27 heavy (non-hydrogen) atoms.